The van der Waals surface area contributed by atoms with Crippen LogP contribution in [0.4, 0.5) is 0 Å². The molecule has 2 unspecified atom stereocenters. The molecule has 2 aliphatic carbocycles. The summed E-state index contributed by atoms with van der Waals surface area (Å²) >= 11 is 0. The van der Waals surface area contributed by atoms with Gasteiger partial charge in [-0.05, 0) is 39.0 Å². The zero-order valence-corrected chi connectivity index (χ0v) is 18.0. The summed E-state index contributed by atoms with van der Waals surface area (Å²) in [6.45, 7) is 5.49. The Kier molecular flexibility index (Phi) is 8.48. The summed E-state index contributed by atoms with van der Waals surface area (Å²) in [4.78, 5) is 4.43. The van der Waals surface area contributed by atoms with E-state index in [0.29, 0.717) is 17.6 Å². The van der Waals surface area contributed by atoms with E-state index in [4.69, 9.17) is 9.47 Å². The molecule has 0 saturated heterocycles. The first-order valence-electron chi connectivity index (χ1n) is 9.63. The maximum absolute atomic E-state index is 6.00. The molecule has 0 radical (unpaired) electrons. The molecule has 0 aromatic rings. The van der Waals surface area contributed by atoms with Crippen LogP contribution in [0.1, 0.15) is 51.9 Å². The zero-order chi connectivity index (χ0) is 16.8. The fourth-order valence-corrected chi connectivity index (χ4v) is 4.58. The lowest BCUT2D eigenvalue weighted by molar-refractivity contribution is -0.125. The van der Waals surface area contributed by atoms with Crippen molar-refractivity contribution >= 4 is 29.9 Å². The van der Waals surface area contributed by atoms with Crippen LogP contribution in [0.25, 0.3) is 0 Å². The van der Waals surface area contributed by atoms with Crippen LogP contribution in [0, 0.1) is 5.41 Å². The summed E-state index contributed by atoms with van der Waals surface area (Å²) < 4.78 is 11.4. The molecule has 0 aromatic carbocycles. The smallest absolute Gasteiger partial charge is 0.191 e. The van der Waals surface area contributed by atoms with Gasteiger partial charge in [0.2, 0.25) is 0 Å². The number of nitrogens with one attached hydrogen (secondary N) is 2. The SMILES string of the molecule is CCOC1CC(NC(=NC)NCCC2=CCOCC2)C12CCCC2.I. The monoisotopic (exact) mass is 463 g/mol. The van der Waals surface area contributed by atoms with Gasteiger partial charge in [0.05, 0.1) is 19.3 Å². The average molecular weight is 463 g/mol. The fraction of sp³-hybridized carbons (Fsp3) is 0.842. The highest BCUT2D eigenvalue weighted by molar-refractivity contribution is 14.0. The lowest BCUT2D eigenvalue weighted by atomic mass is 9.60. The van der Waals surface area contributed by atoms with E-state index in [9.17, 15) is 0 Å². The Balaban J connectivity index is 0.00000225. The van der Waals surface area contributed by atoms with Crippen LogP contribution in [0.5, 0.6) is 0 Å². The predicted molar refractivity (Wildman–Crippen MR) is 113 cm³/mol. The summed E-state index contributed by atoms with van der Waals surface area (Å²) in [6, 6.07) is 0.505. The number of nitrogens with zero attached hydrogens (tertiary/aromatic N) is 1. The largest absolute Gasteiger partial charge is 0.378 e. The van der Waals surface area contributed by atoms with Crippen molar-refractivity contribution in [1.29, 1.82) is 0 Å². The number of halogens is 1. The zero-order valence-electron chi connectivity index (χ0n) is 15.7. The van der Waals surface area contributed by atoms with Gasteiger partial charge >= 0.3 is 0 Å². The molecule has 2 fully saturated rings. The normalized spacial score (nSPS) is 28.1. The number of hydrogen-bond acceptors (Lipinski definition) is 3. The van der Waals surface area contributed by atoms with Crippen LogP contribution in [0.2, 0.25) is 0 Å². The van der Waals surface area contributed by atoms with Gasteiger partial charge in [-0.3, -0.25) is 4.99 Å². The van der Waals surface area contributed by atoms with Gasteiger partial charge in [0.25, 0.3) is 0 Å². The molecule has 2 saturated carbocycles. The highest BCUT2D eigenvalue weighted by Gasteiger charge is 2.56. The van der Waals surface area contributed by atoms with E-state index in [0.717, 1.165) is 51.6 Å². The third-order valence-electron chi connectivity index (χ3n) is 6.02. The van der Waals surface area contributed by atoms with Gasteiger partial charge in [-0.2, -0.15) is 0 Å². The van der Waals surface area contributed by atoms with E-state index >= 15 is 0 Å². The molecule has 2 atom stereocenters. The molecule has 6 heteroatoms. The first-order valence-corrected chi connectivity index (χ1v) is 9.63. The quantitative estimate of drug-likeness (QED) is 0.275. The maximum atomic E-state index is 6.00. The molecule has 0 aromatic heterocycles. The molecule has 3 aliphatic rings. The van der Waals surface area contributed by atoms with Crippen molar-refractivity contribution in [3.05, 3.63) is 11.6 Å². The van der Waals surface area contributed by atoms with Gasteiger partial charge in [-0.15, -0.1) is 24.0 Å². The van der Waals surface area contributed by atoms with Crippen molar-refractivity contribution in [3.63, 3.8) is 0 Å². The molecule has 1 aliphatic heterocycles. The summed E-state index contributed by atoms with van der Waals surface area (Å²) in [6.07, 6.45) is 11.2. The summed E-state index contributed by atoms with van der Waals surface area (Å²) in [5.74, 6) is 0.939. The average Bonchev–Trinajstić information content (AvgIpc) is 3.13. The first-order chi connectivity index (χ1) is 11.8. The second-order valence-electron chi connectivity index (χ2n) is 7.25. The molecule has 144 valence electrons. The van der Waals surface area contributed by atoms with E-state index < -0.39 is 0 Å². The number of rotatable bonds is 6. The van der Waals surface area contributed by atoms with Crippen molar-refractivity contribution < 1.29 is 9.47 Å². The number of guanidine groups is 1. The predicted octanol–water partition coefficient (Wildman–Crippen LogP) is 3.24. The van der Waals surface area contributed by atoms with Crippen molar-refractivity contribution in [2.75, 3.05) is 33.4 Å². The van der Waals surface area contributed by atoms with Gasteiger partial charge in [-0.1, -0.05) is 24.5 Å². The Morgan fingerprint density at radius 3 is 2.84 bits per heavy atom. The lowest BCUT2D eigenvalue weighted by Crippen LogP contribution is -2.65. The minimum absolute atomic E-state index is 0. The maximum Gasteiger partial charge on any atom is 0.191 e. The number of aliphatic imine (C=N–C) groups is 1. The van der Waals surface area contributed by atoms with E-state index in [-0.39, 0.29) is 24.0 Å². The molecular weight excluding hydrogens is 429 g/mol. The number of hydrogen-bond donors (Lipinski definition) is 2. The van der Waals surface area contributed by atoms with Crippen LogP contribution < -0.4 is 10.6 Å². The van der Waals surface area contributed by atoms with Crippen LogP contribution >= 0.6 is 24.0 Å². The Morgan fingerprint density at radius 2 is 2.20 bits per heavy atom. The van der Waals surface area contributed by atoms with Crippen LogP contribution in [-0.2, 0) is 9.47 Å². The molecule has 1 spiro atoms. The Bertz CT molecular complexity index is 475. The molecule has 1 heterocycles. The Morgan fingerprint density at radius 1 is 1.40 bits per heavy atom. The van der Waals surface area contributed by atoms with E-state index in [1.165, 1.54) is 31.3 Å². The Labute approximate surface area is 169 Å². The second-order valence-corrected chi connectivity index (χ2v) is 7.25. The standard InChI is InChI=1S/C19H33N3O2.HI/c1-3-24-17-14-16(19(17)9-4-5-10-19)22-18(20-2)21-11-6-15-7-12-23-13-8-15;/h7,16-17H,3-6,8-14H2,1-2H3,(H2,20,21,22);1H. The highest BCUT2D eigenvalue weighted by atomic mass is 127. The first kappa shape index (κ1) is 21.0. The third kappa shape index (κ3) is 4.89. The molecule has 2 N–H and O–H groups in total. The van der Waals surface area contributed by atoms with Crippen molar-refractivity contribution in [1.82, 2.24) is 10.6 Å². The fourth-order valence-electron chi connectivity index (χ4n) is 4.58. The van der Waals surface area contributed by atoms with Gasteiger partial charge in [-0.25, -0.2) is 0 Å². The summed E-state index contributed by atoms with van der Waals surface area (Å²) in [7, 11) is 1.86. The van der Waals surface area contributed by atoms with Gasteiger partial charge in [0, 0.05) is 31.7 Å². The second kappa shape index (κ2) is 10.1. The minimum atomic E-state index is 0. The van der Waals surface area contributed by atoms with Crippen LogP contribution in [0.15, 0.2) is 16.6 Å². The molecular formula is C19H34IN3O2. The van der Waals surface area contributed by atoms with Gasteiger partial charge in [0.15, 0.2) is 5.96 Å². The number of ether oxygens (including phenoxy) is 2. The van der Waals surface area contributed by atoms with Gasteiger partial charge in [0.1, 0.15) is 0 Å². The van der Waals surface area contributed by atoms with Crippen LogP contribution in [-0.4, -0.2) is 51.5 Å². The van der Waals surface area contributed by atoms with E-state index in [1.54, 1.807) is 0 Å². The van der Waals surface area contributed by atoms with E-state index in [2.05, 4.69) is 28.6 Å². The Hall–Kier alpha value is -0.340. The van der Waals surface area contributed by atoms with E-state index in [1.807, 2.05) is 7.05 Å². The van der Waals surface area contributed by atoms with Gasteiger partial charge < -0.3 is 20.1 Å². The highest BCUT2D eigenvalue weighted by Crippen LogP contribution is 2.54. The van der Waals surface area contributed by atoms with Crippen LogP contribution in [0.3, 0.4) is 0 Å². The van der Waals surface area contributed by atoms with Crippen molar-refractivity contribution in [3.8, 4) is 0 Å². The summed E-state index contributed by atoms with van der Waals surface area (Å²) in [5.41, 5.74) is 1.84. The molecule has 25 heavy (non-hydrogen) atoms. The van der Waals surface area contributed by atoms with Crippen molar-refractivity contribution in [2.45, 2.75) is 64.0 Å². The third-order valence-corrected chi connectivity index (χ3v) is 6.02. The minimum Gasteiger partial charge on any atom is -0.378 e. The molecule has 5 nitrogen and oxygen atoms in total. The molecule has 3 rings (SSSR count). The molecule has 0 bridgehead atoms. The lowest BCUT2D eigenvalue weighted by Gasteiger charge is -2.54. The molecule has 0 amide bonds. The topological polar surface area (TPSA) is 54.9 Å². The summed E-state index contributed by atoms with van der Waals surface area (Å²) in [5, 5.41) is 7.16. The van der Waals surface area contributed by atoms with Crippen molar-refractivity contribution in [2.24, 2.45) is 10.4 Å².